The van der Waals surface area contributed by atoms with Crippen LogP contribution in [-0.2, 0) is 4.79 Å². The van der Waals surface area contributed by atoms with Gasteiger partial charge in [0, 0.05) is 11.3 Å². The summed E-state index contributed by atoms with van der Waals surface area (Å²) < 4.78 is 0. The molecule has 2 amide bonds. The highest BCUT2D eigenvalue weighted by atomic mass is 32.1. The van der Waals surface area contributed by atoms with Crippen molar-refractivity contribution >= 4 is 51.2 Å². The van der Waals surface area contributed by atoms with Crippen LogP contribution in [0.5, 0.6) is 0 Å². The minimum absolute atomic E-state index is 0.169. The highest BCUT2D eigenvalue weighted by Gasteiger charge is 2.20. The predicted octanol–water partition coefficient (Wildman–Crippen LogP) is 4.59. The lowest BCUT2D eigenvalue weighted by molar-refractivity contribution is -0.110. The van der Waals surface area contributed by atoms with Crippen molar-refractivity contribution < 1.29 is 14.4 Å². The summed E-state index contributed by atoms with van der Waals surface area (Å²) in [5.74, 6) is -1.53. The molecule has 0 radical (unpaired) electrons. The van der Waals surface area contributed by atoms with Crippen molar-refractivity contribution in [1.82, 2.24) is 15.6 Å². The first-order valence-electron chi connectivity index (χ1n) is 10.9. The van der Waals surface area contributed by atoms with Crippen molar-refractivity contribution in [3.63, 3.8) is 0 Å². The van der Waals surface area contributed by atoms with Crippen molar-refractivity contribution in [2.75, 3.05) is 10.6 Å². The molecule has 1 heterocycles. The van der Waals surface area contributed by atoms with Crippen molar-refractivity contribution in [1.29, 1.82) is 0 Å². The molecule has 1 aromatic heterocycles. The summed E-state index contributed by atoms with van der Waals surface area (Å²) in [5.41, 5.74) is 6.83. The summed E-state index contributed by atoms with van der Waals surface area (Å²) in [6.07, 6.45) is -0.322. The molecular weight excluding hydrogens is 476 g/mol. The lowest BCUT2D eigenvalue weighted by Crippen LogP contribution is -2.29. The molecule has 9 nitrogen and oxygen atoms in total. The maximum Gasteiger partial charge on any atom is 0.274 e. The maximum absolute atomic E-state index is 13.0. The van der Waals surface area contributed by atoms with Crippen LogP contribution in [0, 0.1) is 6.92 Å². The van der Waals surface area contributed by atoms with Crippen LogP contribution >= 0.6 is 11.3 Å². The third kappa shape index (κ3) is 6.45. The van der Waals surface area contributed by atoms with Crippen LogP contribution in [-0.4, -0.2) is 33.5 Å². The number of hydrazone groups is 1. The molecule has 0 aliphatic carbocycles. The summed E-state index contributed by atoms with van der Waals surface area (Å²) in [6.45, 7) is 1.91. The molecule has 4 rings (SSSR count). The molecule has 3 aromatic carbocycles. The van der Waals surface area contributed by atoms with Gasteiger partial charge in [0.25, 0.3) is 11.8 Å². The Kier molecular flexibility index (Phi) is 7.89. The highest BCUT2D eigenvalue weighted by Crippen LogP contribution is 2.20. The number of Topliss-reactive ketones (excluding diaryl/α,β-unsaturated/α-hetero) is 1. The molecule has 0 spiro atoms. The topological polar surface area (TPSA) is 125 Å². The van der Waals surface area contributed by atoms with E-state index in [-0.39, 0.29) is 23.0 Å². The number of hydrogen-bond donors (Lipinski definition) is 3. The zero-order valence-corrected chi connectivity index (χ0v) is 20.1. The minimum Gasteiger partial charge on any atom is -0.355 e. The second-order valence-corrected chi connectivity index (χ2v) is 8.53. The zero-order chi connectivity index (χ0) is 25.3. The number of aryl methyl sites for hydroxylation is 1. The molecule has 10 heteroatoms. The molecule has 0 unspecified atom stereocenters. The van der Waals surface area contributed by atoms with Crippen molar-refractivity contribution in [2.45, 2.75) is 13.3 Å². The van der Waals surface area contributed by atoms with E-state index in [9.17, 15) is 14.4 Å². The number of carbonyl (C=O) groups is 3. The summed E-state index contributed by atoms with van der Waals surface area (Å²) >= 11 is 1.12. The Hall–Kier alpha value is -4.70. The first-order valence-corrected chi connectivity index (χ1v) is 11.8. The number of rotatable bonds is 9. The normalized spacial score (nSPS) is 11.0. The van der Waals surface area contributed by atoms with Gasteiger partial charge in [-0.25, -0.2) is 5.43 Å². The van der Waals surface area contributed by atoms with Gasteiger partial charge >= 0.3 is 0 Å². The van der Waals surface area contributed by atoms with Gasteiger partial charge in [-0.1, -0.05) is 71.5 Å². The van der Waals surface area contributed by atoms with Crippen molar-refractivity contribution in [2.24, 2.45) is 5.10 Å². The maximum atomic E-state index is 13.0. The lowest BCUT2D eigenvalue weighted by Gasteiger charge is -2.11. The molecule has 0 atom stereocenters. The fourth-order valence-corrected chi connectivity index (χ4v) is 3.65. The Bertz CT molecular complexity index is 1390. The summed E-state index contributed by atoms with van der Waals surface area (Å²) in [7, 11) is 0. The largest absolute Gasteiger partial charge is 0.355 e. The molecule has 0 saturated carbocycles. The first-order chi connectivity index (χ1) is 17.5. The van der Waals surface area contributed by atoms with Gasteiger partial charge in [0.1, 0.15) is 11.2 Å². The number of hydrogen-bond acceptors (Lipinski definition) is 8. The van der Waals surface area contributed by atoms with Gasteiger partial charge in [-0.05, 0) is 31.2 Å². The van der Waals surface area contributed by atoms with Gasteiger partial charge in [-0.3, -0.25) is 19.7 Å². The minimum atomic E-state index is -0.664. The van der Waals surface area contributed by atoms with E-state index in [2.05, 4.69) is 31.4 Å². The van der Waals surface area contributed by atoms with E-state index in [0.717, 1.165) is 22.6 Å². The Morgan fingerprint density at radius 1 is 0.917 bits per heavy atom. The number of amides is 2. The standard InChI is InChI=1S/C26H22N6O3S/c1-17-11-13-18(14-12-17)23(33)15-22(25(35)29-26-32-27-16-36-26)30-31-24(34)20-9-5-6-10-21(20)28-19-7-3-2-4-8-19/h2-14,16,28H,15H2,1H3,(H,31,34)(H,29,32,35). The smallest absolute Gasteiger partial charge is 0.274 e. The monoisotopic (exact) mass is 498 g/mol. The second kappa shape index (κ2) is 11.6. The van der Waals surface area contributed by atoms with Crippen LogP contribution in [0.4, 0.5) is 16.5 Å². The average Bonchev–Trinajstić information content (AvgIpc) is 3.40. The number of aromatic nitrogens is 2. The van der Waals surface area contributed by atoms with E-state index in [0.29, 0.717) is 16.8 Å². The van der Waals surface area contributed by atoms with Crippen molar-refractivity contribution in [3.05, 3.63) is 101 Å². The van der Waals surface area contributed by atoms with E-state index in [4.69, 9.17) is 0 Å². The molecule has 0 aliphatic heterocycles. The van der Waals surface area contributed by atoms with E-state index >= 15 is 0 Å². The number of ketones is 1. The number of para-hydroxylation sites is 2. The zero-order valence-electron chi connectivity index (χ0n) is 19.3. The molecule has 0 saturated heterocycles. The third-order valence-electron chi connectivity index (χ3n) is 5.06. The molecule has 3 N–H and O–H groups in total. The van der Waals surface area contributed by atoms with Gasteiger partial charge < -0.3 is 5.32 Å². The molecule has 0 bridgehead atoms. The Morgan fingerprint density at radius 2 is 1.64 bits per heavy atom. The van der Waals surface area contributed by atoms with Crippen LogP contribution in [0.3, 0.4) is 0 Å². The van der Waals surface area contributed by atoms with Gasteiger partial charge in [-0.2, -0.15) is 5.10 Å². The predicted molar refractivity (Wildman–Crippen MR) is 140 cm³/mol. The fourth-order valence-electron chi connectivity index (χ4n) is 3.21. The summed E-state index contributed by atoms with van der Waals surface area (Å²) in [6, 6.07) is 23.3. The number of nitrogens with zero attached hydrogens (tertiary/aromatic N) is 3. The van der Waals surface area contributed by atoms with Gasteiger partial charge in [0.15, 0.2) is 5.78 Å². The van der Waals surface area contributed by atoms with Gasteiger partial charge in [0.2, 0.25) is 5.13 Å². The van der Waals surface area contributed by atoms with E-state index < -0.39 is 11.8 Å². The number of benzene rings is 3. The van der Waals surface area contributed by atoms with Crippen LogP contribution < -0.4 is 16.1 Å². The molecule has 36 heavy (non-hydrogen) atoms. The second-order valence-electron chi connectivity index (χ2n) is 7.70. The average molecular weight is 499 g/mol. The van der Waals surface area contributed by atoms with E-state index in [1.807, 2.05) is 49.4 Å². The van der Waals surface area contributed by atoms with Gasteiger partial charge in [-0.15, -0.1) is 10.2 Å². The third-order valence-corrected chi connectivity index (χ3v) is 5.67. The number of anilines is 3. The summed E-state index contributed by atoms with van der Waals surface area (Å²) in [5, 5.41) is 17.5. The molecule has 0 fully saturated rings. The molecule has 0 aliphatic rings. The highest BCUT2D eigenvalue weighted by molar-refractivity contribution is 7.13. The molecule has 4 aromatic rings. The van der Waals surface area contributed by atoms with Crippen molar-refractivity contribution in [3.8, 4) is 0 Å². The summed E-state index contributed by atoms with van der Waals surface area (Å²) in [4.78, 5) is 38.7. The quantitative estimate of drug-likeness (QED) is 0.176. The Morgan fingerprint density at radius 3 is 2.36 bits per heavy atom. The van der Waals surface area contributed by atoms with Gasteiger partial charge in [0.05, 0.1) is 17.7 Å². The Balaban J connectivity index is 1.55. The first kappa shape index (κ1) is 24.4. The fraction of sp³-hybridized carbons (Fsp3) is 0.0769. The van der Waals surface area contributed by atoms with Crippen LogP contribution in [0.25, 0.3) is 0 Å². The SMILES string of the molecule is Cc1ccc(C(=O)CC(=NNC(=O)c2ccccc2Nc2ccccc2)C(=O)Nc2nncs2)cc1. The lowest BCUT2D eigenvalue weighted by atomic mass is 10.0. The van der Waals surface area contributed by atoms with E-state index in [1.165, 1.54) is 5.51 Å². The van der Waals surface area contributed by atoms with Crippen LogP contribution in [0.15, 0.2) is 89.5 Å². The number of nitrogens with one attached hydrogen (secondary N) is 3. The molecular formula is C26H22N6O3S. The van der Waals surface area contributed by atoms with Crippen LogP contribution in [0.1, 0.15) is 32.7 Å². The van der Waals surface area contributed by atoms with E-state index in [1.54, 1.807) is 36.4 Å². The number of carbonyl (C=O) groups excluding carboxylic acids is 3. The Labute approximate surface area is 211 Å². The van der Waals surface area contributed by atoms with Crippen LogP contribution in [0.2, 0.25) is 0 Å². The molecule has 180 valence electrons.